The molecule has 1 heterocycles. The van der Waals surface area contributed by atoms with Crippen LogP contribution in [-0.4, -0.2) is 34.0 Å². The summed E-state index contributed by atoms with van der Waals surface area (Å²) in [4.78, 5) is 25.9. The van der Waals surface area contributed by atoms with E-state index in [-0.39, 0.29) is 18.1 Å². The van der Waals surface area contributed by atoms with Gasteiger partial charge >= 0.3 is 5.97 Å². The van der Waals surface area contributed by atoms with Gasteiger partial charge in [-0.2, -0.15) is 0 Å². The predicted octanol–water partition coefficient (Wildman–Crippen LogP) is 5.39. The van der Waals surface area contributed by atoms with Crippen LogP contribution in [-0.2, 0) is 24.2 Å². The second-order valence-electron chi connectivity index (χ2n) is 8.72. The molecule has 5 nitrogen and oxygen atoms in total. The van der Waals surface area contributed by atoms with Crippen molar-refractivity contribution < 1.29 is 19.4 Å². The first-order valence-corrected chi connectivity index (χ1v) is 11.3. The van der Waals surface area contributed by atoms with Crippen molar-refractivity contribution >= 4 is 23.5 Å². The lowest BCUT2D eigenvalue weighted by Gasteiger charge is -2.36. The molecular weight excluding hydrogens is 438 g/mol. The Bertz CT molecular complexity index is 1160. The van der Waals surface area contributed by atoms with Gasteiger partial charge in [-0.25, -0.2) is 0 Å². The SMILES string of the molecule is C[C@@]1(Cc2ccccc2)CCc2cc(C(=O)N(CC(=O)O)Cc3cccc(Cl)c3)ccc2O1. The molecule has 0 saturated heterocycles. The summed E-state index contributed by atoms with van der Waals surface area (Å²) in [6, 6.07) is 22.7. The van der Waals surface area contributed by atoms with Gasteiger partial charge < -0.3 is 14.7 Å². The minimum atomic E-state index is -1.07. The number of hydrogen-bond donors (Lipinski definition) is 1. The Morgan fingerprint density at radius 1 is 1.03 bits per heavy atom. The lowest BCUT2D eigenvalue weighted by atomic mass is 9.87. The third kappa shape index (κ3) is 5.74. The minimum absolute atomic E-state index is 0.161. The van der Waals surface area contributed by atoms with Crippen molar-refractivity contribution in [3.05, 3.63) is 100 Å². The molecule has 0 aliphatic carbocycles. The highest BCUT2D eigenvalue weighted by molar-refractivity contribution is 6.30. The maximum Gasteiger partial charge on any atom is 0.323 e. The number of carboxylic acid groups (broad SMARTS) is 1. The molecule has 1 amide bonds. The highest BCUT2D eigenvalue weighted by atomic mass is 35.5. The number of hydrogen-bond acceptors (Lipinski definition) is 3. The van der Waals surface area contributed by atoms with Crippen LogP contribution in [0.25, 0.3) is 0 Å². The fourth-order valence-electron chi connectivity index (χ4n) is 4.28. The number of benzene rings is 3. The topological polar surface area (TPSA) is 66.8 Å². The van der Waals surface area contributed by atoms with Crippen LogP contribution >= 0.6 is 11.6 Å². The van der Waals surface area contributed by atoms with Crippen LogP contribution in [0.3, 0.4) is 0 Å². The third-order valence-corrected chi connectivity index (χ3v) is 6.12. The van der Waals surface area contributed by atoms with Crippen LogP contribution in [0.15, 0.2) is 72.8 Å². The van der Waals surface area contributed by atoms with Crippen LogP contribution in [0, 0.1) is 0 Å². The standard InChI is InChI=1S/C27H26ClNO4/c1-27(16-19-6-3-2-4-7-19)13-12-21-15-22(10-11-24(21)33-27)26(32)29(18-25(30)31)17-20-8-5-9-23(28)14-20/h2-11,14-15H,12-13,16-18H2,1H3,(H,30,31)/t27-/m0/s1. The summed E-state index contributed by atoms with van der Waals surface area (Å²) in [7, 11) is 0. The molecule has 1 aliphatic rings. The van der Waals surface area contributed by atoms with Crippen LogP contribution in [0.4, 0.5) is 0 Å². The predicted molar refractivity (Wildman–Crippen MR) is 128 cm³/mol. The number of aliphatic carboxylic acids is 1. The molecule has 0 spiro atoms. The number of carboxylic acids is 1. The summed E-state index contributed by atoms with van der Waals surface area (Å²) < 4.78 is 6.36. The van der Waals surface area contributed by atoms with Crippen molar-refractivity contribution in [2.45, 2.75) is 38.3 Å². The number of ether oxygens (including phenoxy) is 1. The van der Waals surface area contributed by atoms with E-state index in [9.17, 15) is 14.7 Å². The van der Waals surface area contributed by atoms with Gasteiger partial charge in [0.05, 0.1) is 0 Å². The van der Waals surface area contributed by atoms with E-state index in [1.165, 1.54) is 10.5 Å². The molecule has 1 N–H and O–H groups in total. The van der Waals surface area contributed by atoms with Crippen molar-refractivity contribution in [1.82, 2.24) is 4.90 Å². The van der Waals surface area contributed by atoms with Crippen molar-refractivity contribution in [1.29, 1.82) is 0 Å². The first-order valence-electron chi connectivity index (χ1n) is 10.9. The second kappa shape index (κ2) is 9.67. The number of nitrogens with zero attached hydrogens (tertiary/aromatic N) is 1. The van der Waals surface area contributed by atoms with E-state index in [0.29, 0.717) is 10.6 Å². The van der Waals surface area contributed by atoms with Gasteiger partial charge in [0.2, 0.25) is 0 Å². The van der Waals surface area contributed by atoms with Crippen molar-refractivity contribution in [3.8, 4) is 5.75 Å². The van der Waals surface area contributed by atoms with Gasteiger partial charge in [0.25, 0.3) is 5.91 Å². The molecule has 170 valence electrons. The zero-order valence-corrected chi connectivity index (χ0v) is 19.2. The Hall–Kier alpha value is -3.31. The molecular formula is C27H26ClNO4. The molecule has 0 aromatic heterocycles. The van der Waals surface area contributed by atoms with Gasteiger partial charge in [-0.1, -0.05) is 54.1 Å². The van der Waals surface area contributed by atoms with E-state index in [1.807, 2.05) is 36.4 Å². The Morgan fingerprint density at radius 3 is 2.52 bits per heavy atom. The lowest BCUT2D eigenvalue weighted by Crippen LogP contribution is -2.39. The molecule has 3 aromatic rings. The summed E-state index contributed by atoms with van der Waals surface area (Å²) in [6.07, 6.45) is 2.42. The molecule has 0 bridgehead atoms. The lowest BCUT2D eigenvalue weighted by molar-refractivity contribution is -0.137. The summed E-state index contributed by atoms with van der Waals surface area (Å²) in [5.74, 6) is -0.628. The van der Waals surface area contributed by atoms with Crippen LogP contribution in [0.1, 0.15) is 40.4 Å². The first kappa shape index (κ1) is 22.9. The van der Waals surface area contributed by atoms with Gasteiger partial charge in [-0.15, -0.1) is 0 Å². The molecule has 0 radical (unpaired) electrons. The van der Waals surface area contributed by atoms with E-state index < -0.39 is 12.5 Å². The Balaban J connectivity index is 1.52. The molecule has 0 fully saturated rings. The summed E-state index contributed by atoms with van der Waals surface area (Å²) >= 11 is 6.05. The fourth-order valence-corrected chi connectivity index (χ4v) is 4.49. The number of carbonyl (C=O) groups is 2. The fraction of sp³-hybridized carbons (Fsp3) is 0.259. The zero-order valence-electron chi connectivity index (χ0n) is 18.5. The van der Waals surface area contributed by atoms with E-state index in [1.54, 1.807) is 24.3 Å². The van der Waals surface area contributed by atoms with Crippen molar-refractivity contribution in [3.63, 3.8) is 0 Å². The number of carbonyl (C=O) groups excluding carboxylic acids is 1. The van der Waals surface area contributed by atoms with Gasteiger partial charge in [0, 0.05) is 23.6 Å². The van der Waals surface area contributed by atoms with Crippen LogP contribution in [0.5, 0.6) is 5.75 Å². The summed E-state index contributed by atoms with van der Waals surface area (Å²) in [6.45, 7) is 1.88. The van der Waals surface area contributed by atoms with Gasteiger partial charge in [0.15, 0.2) is 0 Å². The molecule has 0 saturated carbocycles. The molecule has 4 rings (SSSR count). The quantitative estimate of drug-likeness (QED) is 0.510. The number of aryl methyl sites for hydroxylation is 1. The number of fused-ring (bicyclic) bond motifs is 1. The maximum atomic E-state index is 13.2. The number of rotatable bonds is 7. The highest BCUT2D eigenvalue weighted by Gasteiger charge is 2.32. The maximum absolute atomic E-state index is 13.2. The summed E-state index contributed by atoms with van der Waals surface area (Å²) in [5, 5.41) is 9.88. The van der Waals surface area contributed by atoms with E-state index >= 15 is 0 Å². The van der Waals surface area contributed by atoms with E-state index in [0.717, 1.165) is 36.1 Å². The van der Waals surface area contributed by atoms with Crippen molar-refractivity contribution in [2.75, 3.05) is 6.54 Å². The molecule has 1 atom stereocenters. The molecule has 33 heavy (non-hydrogen) atoms. The Morgan fingerprint density at radius 2 is 1.79 bits per heavy atom. The number of amides is 1. The minimum Gasteiger partial charge on any atom is -0.487 e. The highest BCUT2D eigenvalue weighted by Crippen LogP contribution is 2.36. The Labute approximate surface area is 198 Å². The van der Waals surface area contributed by atoms with Gasteiger partial charge in [-0.3, -0.25) is 9.59 Å². The Kier molecular flexibility index (Phi) is 6.70. The van der Waals surface area contributed by atoms with Crippen LogP contribution in [0.2, 0.25) is 5.02 Å². The monoisotopic (exact) mass is 463 g/mol. The smallest absolute Gasteiger partial charge is 0.323 e. The van der Waals surface area contributed by atoms with Gasteiger partial charge in [0.1, 0.15) is 17.9 Å². The molecule has 1 aliphatic heterocycles. The molecule has 3 aromatic carbocycles. The average Bonchev–Trinajstić information content (AvgIpc) is 2.78. The first-order chi connectivity index (χ1) is 15.8. The van der Waals surface area contributed by atoms with E-state index in [4.69, 9.17) is 16.3 Å². The second-order valence-corrected chi connectivity index (χ2v) is 9.16. The number of halogens is 1. The largest absolute Gasteiger partial charge is 0.487 e. The average molecular weight is 464 g/mol. The third-order valence-electron chi connectivity index (χ3n) is 5.88. The zero-order chi connectivity index (χ0) is 23.4. The molecule has 0 unspecified atom stereocenters. The molecule has 6 heteroatoms. The van der Waals surface area contributed by atoms with Gasteiger partial charge in [-0.05, 0) is 66.8 Å². The van der Waals surface area contributed by atoms with Crippen molar-refractivity contribution in [2.24, 2.45) is 0 Å². The van der Waals surface area contributed by atoms with Crippen LogP contribution < -0.4 is 4.74 Å². The normalized spacial score (nSPS) is 17.0. The summed E-state index contributed by atoms with van der Waals surface area (Å²) in [5.41, 5.74) is 3.09. The van der Waals surface area contributed by atoms with E-state index in [2.05, 4.69) is 19.1 Å².